The second-order valence-corrected chi connectivity index (χ2v) is 8.01. The lowest BCUT2D eigenvalue weighted by atomic mass is 9.81. The van der Waals surface area contributed by atoms with Crippen molar-refractivity contribution in [1.82, 2.24) is 20.4 Å². The molecule has 5 rings (SSSR count). The maximum atomic E-state index is 13.2. The molecule has 2 aromatic rings. The molecule has 8 heteroatoms. The maximum absolute atomic E-state index is 13.2. The fraction of sp³-hybridized carbons (Fsp3) is 0.600. The Kier molecular flexibility index (Phi) is 4.50. The Bertz CT molecular complexity index is 893. The number of hydrogen-bond acceptors (Lipinski definition) is 6. The van der Waals surface area contributed by atoms with Crippen molar-refractivity contribution in [3.63, 3.8) is 0 Å². The lowest BCUT2D eigenvalue weighted by molar-refractivity contribution is -0.132. The number of amides is 2. The van der Waals surface area contributed by atoms with E-state index < -0.39 is 0 Å². The van der Waals surface area contributed by atoms with Crippen molar-refractivity contribution < 1.29 is 18.8 Å². The largest absolute Gasteiger partial charge is 0.374 e. The Morgan fingerprint density at radius 2 is 2.11 bits per heavy atom. The van der Waals surface area contributed by atoms with Crippen molar-refractivity contribution in [2.24, 2.45) is 5.92 Å². The number of ether oxygens (including phenoxy) is 1. The zero-order chi connectivity index (χ0) is 19.1. The maximum Gasteiger partial charge on any atom is 0.293 e. The molecule has 2 saturated carbocycles. The summed E-state index contributed by atoms with van der Waals surface area (Å²) in [7, 11) is 0. The molecule has 1 saturated heterocycles. The molecule has 8 nitrogen and oxygen atoms in total. The van der Waals surface area contributed by atoms with E-state index in [0.717, 1.165) is 25.7 Å². The number of fused-ring (bicyclic) bond motifs is 2. The van der Waals surface area contributed by atoms with Gasteiger partial charge in [0.05, 0.1) is 24.1 Å². The van der Waals surface area contributed by atoms with E-state index in [-0.39, 0.29) is 35.6 Å². The van der Waals surface area contributed by atoms with Gasteiger partial charge in [-0.15, -0.1) is 0 Å². The summed E-state index contributed by atoms with van der Waals surface area (Å²) in [6, 6.07) is 3.77. The number of nitrogens with one attached hydrogen (secondary N) is 1. The highest BCUT2D eigenvalue weighted by Crippen LogP contribution is 2.34. The van der Waals surface area contributed by atoms with Gasteiger partial charge < -0.3 is 19.5 Å². The minimum Gasteiger partial charge on any atom is -0.374 e. The van der Waals surface area contributed by atoms with Gasteiger partial charge in [-0.05, 0) is 50.7 Å². The van der Waals surface area contributed by atoms with E-state index in [2.05, 4.69) is 15.5 Å². The van der Waals surface area contributed by atoms with Crippen molar-refractivity contribution in [2.45, 2.75) is 56.7 Å². The van der Waals surface area contributed by atoms with E-state index in [1.807, 2.05) is 4.90 Å². The standard InChI is InChI=1S/C20H24N4O4/c25-19(22-13-3-1-4-13)12-6-7-16-15(11-12)24(9-10-27-16)20(26)17-14-5-2-8-21-18(14)23-28-17/h2,5,8,12-13,15-16H,1,3-4,6-7,9-11H2,(H,22,25)/t12-,15+,16+/m0/s1. The lowest BCUT2D eigenvalue weighted by Crippen LogP contribution is -2.57. The number of aromatic nitrogens is 2. The molecular weight excluding hydrogens is 360 g/mol. The number of carbonyl (C=O) groups is 2. The Labute approximate surface area is 162 Å². The molecule has 3 heterocycles. The SMILES string of the molecule is O=C(NC1CCC1)[C@H]1CC[C@H]2OCCN(C(=O)c3onc4ncccc34)[C@@H]2C1. The van der Waals surface area contributed by atoms with Crippen LogP contribution < -0.4 is 5.32 Å². The zero-order valence-electron chi connectivity index (χ0n) is 15.7. The molecular formula is C20H24N4O4. The number of rotatable bonds is 3. The Morgan fingerprint density at radius 1 is 1.21 bits per heavy atom. The third-order valence-corrected chi connectivity index (χ3v) is 6.35. The predicted octanol–water partition coefficient (Wildman–Crippen LogP) is 1.90. The van der Waals surface area contributed by atoms with Crippen LogP contribution in [0.25, 0.3) is 11.0 Å². The topological polar surface area (TPSA) is 97.6 Å². The molecule has 1 N–H and O–H groups in total. The highest BCUT2D eigenvalue weighted by atomic mass is 16.5. The van der Waals surface area contributed by atoms with Crippen molar-refractivity contribution in [1.29, 1.82) is 0 Å². The lowest BCUT2D eigenvalue weighted by Gasteiger charge is -2.45. The van der Waals surface area contributed by atoms with Gasteiger partial charge >= 0.3 is 0 Å². The quantitative estimate of drug-likeness (QED) is 0.868. The first kappa shape index (κ1) is 17.6. The molecule has 2 amide bonds. The third-order valence-electron chi connectivity index (χ3n) is 6.35. The van der Waals surface area contributed by atoms with Crippen molar-refractivity contribution in [2.75, 3.05) is 13.2 Å². The first-order valence-electron chi connectivity index (χ1n) is 10.1. The average Bonchev–Trinajstić information content (AvgIpc) is 3.13. The molecule has 0 radical (unpaired) electrons. The Hall–Kier alpha value is -2.48. The number of pyridine rings is 1. The molecule has 1 aliphatic heterocycles. The summed E-state index contributed by atoms with van der Waals surface area (Å²) >= 11 is 0. The van der Waals surface area contributed by atoms with Crippen molar-refractivity contribution in [3.05, 3.63) is 24.1 Å². The molecule has 0 aromatic carbocycles. The van der Waals surface area contributed by atoms with Crippen LogP contribution in [0.1, 0.15) is 49.1 Å². The molecule has 0 spiro atoms. The second-order valence-electron chi connectivity index (χ2n) is 8.01. The van der Waals surface area contributed by atoms with Gasteiger partial charge in [0.1, 0.15) is 0 Å². The second kappa shape index (κ2) is 7.16. The summed E-state index contributed by atoms with van der Waals surface area (Å²) < 4.78 is 11.3. The van der Waals surface area contributed by atoms with Gasteiger partial charge in [0.2, 0.25) is 17.3 Å². The average molecular weight is 384 g/mol. The van der Waals surface area contributed by atoms with E-state index in [1.54, 1.807) is 18.3 Å². The van der Waals surface area contributed by atoms with Gasteiger partial charge in [0, 0.05) is 24.7 Å². The monoisotopic (exact) mass is 384 g/mol. The predicted molar refractivity (Wildman–Crippen MR) is 99.5 cm³/mol. The molecule has 28 heavy (non-hydrogen) atoms. The summed E-state index contributed by atoms with van der Waals surface area (Å²) in [5.74, 6) is 0.0565. The first-order chi connectivity index (χ1) is 13.7. The molecule has 2 aliphatic carbocycles. The van der Waals surface area contributed by atoms with Crippen LogP contribution in [0.2, 0.25) is 0 Å². The minimum atomic E-state index is -0.200. The minimum absolute atomic E-state index is 0.0298. The molecule has 0 unspecified atom stereocenters. The Morgan fingerprint density at radius 3 is 2.93 bits per heavy atom. The van der Waals surface area contributed by atoms with Crippen LogP contribution in [0.5, 0.6) is 0 Å². The van der Waals surface area contributed by atoms with Crippen LogP contribution in [-0.2, 0) is 9.53 Å². The third kappa shape index (κ3) is 3.05. The van der Waals surface area contributed by atoms with Crippen LogP contribution in [0.4, 0.5) is 0 Å². The van der Waals surface area contributed by atoms with E-state index in [9.17, 15) is 9.59 Å². The van der Waals surface area contributed by atoms with Gasteiger partial charge in [0.25, 0.3) is 5.91 Å². The summed E-state index contributed by atoms with van der Waals surface area (Å²) in [4.78, 5) is 31.9. The fourth-order valence-electron chi connectivity index (χ4n) is 4.54. The van der Waals surface area contributed by atoms with Gasteiger partial charge in [0.15, 0.2) is 0 Å². The van der Waals surface area contributed by atoms with E-state index >= 15 is 0 Å². The van der Waals surface area contributed by atoms with Gasteiger partial charge in [-0.25, -0.2) is 4.98 Å². The highest BCUT2D eigenvalue weighted by Gasteiger charge is 2.43. The van der Waals surface area contributed by atoms with Crippen LogP contribution in [0, 0.1) is 5.92 Å². The van der Waals surface area contributed by atoms with E-state index in [4.69, 9.17) is 9.26 Å². The van der Waals surface area contributed by atoms with Crippen LogP contribution in [-0.4, -0.2) is 58.2 Å². The normalized spacial score (nSPS) is 27.9. The number of morpholine rings is 1. The van der Waals surface area contributed by atoms with Crippen molar-refractivity contribution in [3.8, 4) is 0 Å². The zero-order valence-corrected chi connectivity index (χ0v) is 15.7. The molecule has 2 aromatic heterocycles. The van der Waals surface area contributed by atoms with Gasteiger partial charge in [-0.1, -0.05) is 5.16 Å². The highest BCUT2D eigenvalue weighted by molar-refractivity contribution is 6.02. The van der Waals surface area contributed by atoms with Crippen LogP contribution in [0.3, 0.4) is 0 Å². The summed E-state index contributed by atoms with van der Waals surface area (Å²) in [5.41, 5.74) is 0.428. The molecule has 0 bridgehead atoms. The Balaban J connectivity index is 1.35. The smallest absolute Gasteiger partial charge is 0.293 e. The molecule has 148 valence electrons. The fourth-order valence-corrected chi connectivity index (χ4v) is 4.54. The van der Waals surface area contributed by atoms with E-state index in [0.29, 0.717) is 36.6 Å². The molecule has 3 fully saturated rings. The number of carbonyl (C=O) groups excluding carboxylic acids is 2. The summed E-state index contributed by atoms with van der Waals surface area (Å²) in [5, 5.41) is 7.68. The molecule has 3 aliphatic rings. The number of nitrogens with zero attached hydrogens (tertiary/aromatic N) is 3. The summed E-state index contributed by atoms with van der Waals surface area (Å²) in [6.45, 7) is 0.982. The summed E-state index contributed by atoms with van der Waals surface area (Å²) in [6.07, 6.45) is 7.15. The first-order valence-corrected chi connectivity index (χ1v) is 10.1. The van der Waals surface area contributed by atoms with Gasteiger partial charge in [-0.3, -0.25) is 9.59 Å². The number of hydrogen-bond donors (Lipinski definition) is 1. The van der Waals surface area contributed by atoms with Gasteiger partial charge in [-0.2, -0.15) is 0 Å². The van der Waals surface area contributed by atoms with Crippen LogP contribution >= 0.6 is 0 Å². The van der Waals surface area contributed by atoms with Crippen molar-refractivity contribution >= 4 is 22.8 Å². The van der Waals surface area contributed by atoms with Crippen LogP contribution in [0.15, 0.2) is 22.9 Å². The van der Waals surface area contributed by atoms with E-state index in [1.165, 1.54) is 6.42 Å². The molecule has 3 atom stereocenters.